The third kappa shape index (κ3) is 3.22. The van der Waals surface area contributed by atoms with E-state index in [0.717, 1.165) is 29.7 Å². The number of hydrogen-bond acceptors (Lipinski definition) is 3. The number of aliphatic hydroxyl groups excluding tert-OH is 1. The summed E-state index contributed by atoms with van der Waals surface area (Å²) in [5.41, 5.74) is 1.59. The van der Waals surface area contributed by atoms with Gasteiger partial charge in [0.05, 0.1) is 11.3 Å². The molecule has 0 aliphatic carbocycles. The minimum Gasteiger partial charge on any atom is -0.396 e. The number of rotatable bonds is 5. The number of benzene rings is 1. The highest BCUT2D eigenvalue weighted by Crippen LogP contribution is 2.24. The molecule has 0 atom stereocenters. The summed E-state index contributed by atoms with van der Waals surface area (Å²) in [6.45, 7) is 3.81. The molecule has 3 nitrogen and oxygen atoms in total. The van der Waals surface area contributed by atoms with Gasteiger partial charge in [-0.2, -0.15) is 5.26 Å². The Morgan fingerprint density at radius 3 is 2.81 bits per heavy atom. The molecule has 0 aliphatic heterocycles. The van der Waals surface area contributed by atoms with Gasteiger partial charge in [0.1, 0.15) is 6.07 Å². The molecule has 0 fully saturated rings. The topological polar surface area (TPSA) is 47.3 Å². The molecule has 0 saturated heterocycles. The van der Waals surface area contributed by atoms with Crippen molar-refractivity contribution in [3.63, 3.8) is 0 Å². The van der Waals surface area contributed by atoms with Crippen LogP contribution in [0.1, 0.15) is 18.9 Å². The molecule has 0 bridgehead atoms. The average Bonchev–Trinajstić information content (AvgIpc) is 2.31. The van der Waals surface area contributed by atoms with Crippen molar-refractivity contribution in [3.05, 3.63) is 28.2 Å². The molecule has 4 heteroatoms. The van der Waals surface area contributed by atoms with Crippen LogP contribution in [0.15, 0.2) is 22.7 Å². The third-order valence-electron chi connectivity index (χ3n) is 2.39. The molecule has 0 aromatic heterocycles. The molecule has 0 spiro atoms. The molecular weight excluding hydrogens is 268 g/mol. The van der Waals surface area contributed by atoms with Crippen LogP contribution in [0.25, 0.3) is 0 Å². The van der Waals surface area contributed by atoms with E-state index >= 15 is 0 Å². The highest BCUT2D eigenvalue weighted by molar-refractivity contribution is 9.10. The van der Waals surface area contributed by atoms with Crippen molar-refractivity contribution in [2.75, 3.05) is 24.6 Å². The zero-order valence-electron chi connectivity index (χ0n) is 9.28. The monoisotopic (exact) mass is 282 g/mol. The molecule has 0 aliphatic rings. The smallest absolute Gasteiger partial charge is 0.101 e. The predicted molar refractivity (Wildman–Crippen MR) is 68.4 cm³/mol. The van der Waals surface area contributed by atoms with E-state index in [4.69, 9.17) is 10.4 Å². The van der Waals surface area contributed by atoms with Crippen LogP contribution in [0.4, 0.5) is 5.69 Å². The highest BCUT2D eigenvalue weighted by Gasteiger charge is 2.09. The standard InChI is InChI=1S/C12H15BrN2O/c1-2-15(6-3-7-16)12-5-4-11(13)8-10(12)9-14/h4-5,8,16H,2-3,6-7H2,1H3. The third-order valence-corrected chi connectivity index (χ3v) is 2.88. The molecule has 1 N–H and O–H groups in total. The summed E-state index contributed by atoms with van der Waals surface area (Å²) in [5, 5.41) is 17.9. The molecule has 0 amide bonds. The number of hydrogen-bond donors (Lipinski definition) is 1. The lowest BCUT2D eigenvalue weighted by Crippen LogP contribution is -2.25. The van der Waals surface area contributed by atoms with Crippen LogP contribution < -0.4 is 4.90 Å². The second kappa shape index (κ2) is 6.51. The Morgan fingerprint density at radius 2 is 2.25 bits per heavy atom. The van der Waals surface area contributed by atoms with Crippen LogP contribution in [-0.2, 0) is 0 Å². The van der Waals surface area contributed by atoms with Crippen LogP contribution >= 0.6 is 15.9 Å². The van der Waals surface area contributed by atoms with Gasteiger partial charge >= 0.3 is 0 Å². The normalized spacial score (nSPS) is 9.88. The zero-order valence-corrected chi connectivity index (χ0v) is 10.9. The van der Waals surface area contributed by atoms with Crippen LogP contribution in [-0.4, -0.2) is 24.8 Å². The van der Waals surface area contributed by atoms with E-state index in [1.54, 1.807) is 0 Å². The van der Waals surface area contributed by atoms with Crippen molar-refractivity contribution in [2.24, 2.45) is 0 Å². The Labute approximate surface area is 104 Å². The lowest BCUT2D eigenvalue weighted by molar-refractivity contribution is 0.289. The number of anilines is 1. The minimum atomic E-state index is 0.176. The van der Waals surface area contributed by atoms with E-state index in [-0.39, 0.29) is 6.61 Å². The summed E-state index contributed by atoms with van der Waals surface area (Å²) in [6.07, 6.45) is 0.717. The maximum absolute atomic E-state index is 9.07. The van der Waals surface area contributed by atoms with Crippen LogP contribution in [0.5, 0.6) is 0 Å². The Bertz CT molecular complexity index is 387. The number of aliphatic hydroxyl groups is 1. The minimum absolute atomic E-state index is 0.176. The summed E-state index contributed by atoms with van der Waals surface area (Å²) >= 11 is 3.35. The SMILES string of the molecule is CCN(CCCO)c1ccc(Br)cc1C#N. The lowest BCUT2D eigenvalue weighted by Gasteiger charge is -2.23. The summed E-state index contributed by atoms with van der Waals surface area (Å²) in [4.78, 5) is 2.10. The molecule has 16 heavy (non-hydrogen) atoms. The molecule has 0 heterocycles. The van der Waals surface area contributed by atoms with Crippen molar-refractivity contribution in [1.82, 2.24) is 0 Å². The molecular formula is C12H15BrN2O. The maximum Gasteiger partial charge on any atom is 0.101 e. The van der Waals surface area contributed by atoms with Gasteiger partial charge in [0, 0.05) is 24.2 Å². The number of nitriles is 1. The number of nitrogens with zero attached hydrogens (tertiary/aromatic N) is 2. The Hall–Kier alpha value is -1.05. The van der Waals surface area contributed by atoms with E-state index in [1.165, 1.54) is 0 Å². The van der Waals surface area contributed by atoms with Gasteiger partial charge in [0.25, 0.3) is 0 Å². The van der Waals surface area contributed by atoms with Gasteiger partial charge < -0.3 is 10.0 Å². The second-order valence-corrected chi connectivity index (χ2v) is 4.35. The lowest BCUT2D eigenvalue weighted by atomic mass is 10.1. The van der Waals surface area contributed by atoms with E-state index in [1.807, 2.05) is 25.1 Å². The van der Waals surface area contributed by atoms with Gasteiger partial charge in [-0.1, -0.05) is 15.9 Å². The van der Waals surface area contributed by atoms with Crippen molar-refractivity contribution in [2.45, 2.75) is 13.3 Å². The molecule has 1 aromatic rings. The van der Waals surface area contributed by atoms with Crippen molar-refractivity contribution < 1.29 is 5.11 Å². The highest BCUT2D eigenvalue weighted by atomic mass is 79.9. The molecule has 0 radical (unpaired) electrons. The summed E-state index contributed by atoms with van der Waals surface area (Å²) in [6, 6.07) is 7.87. The fraction of sp³-hybridized carbons (Fsp3) is 0.417. The van der Waals surface area contributed by atoms with E-state index in [9.17, 15) is 0 Å². The summed E-state index contributed by atoms with van der Waals surface area (Å²) in [5.74, 6) is 0. The Kier molecular flexibility index (Phi) is 5.30. The van der Waals surface area contributed by atoms with Gasteiger partial charge in [0.15, 0.2) is 0 Å². The zero-order chi connectivity index (χ0) is 12.0. The average molecular weight is 283 g/mol. The first kappa shape index (κ1) is 13.0. The maximum atomic E-state index is 9.07. The van der Waals surface area contributed by atoms with Crippen molar-refractivity contribution in [1.29, 1.82) is 5.26 Å². The van der Waals surface area contributed by atoms with Crippen LogP contribution in [0.3, 0.4) is 0 Å². The quantitative estimate of drug-likeness (QED) is 0.903. The Balaban J connectivity index is 2.96. The van der Waals surface area contributed by atoms with Crippen LogP contribution in [0.2, 0.25) is 0 Å². The molecule has 1 aromatic carbocycles. The first-order chi connectivity index (χ1) is 7.72. The van der Waals surface area contributed by atoms with Gasteiger partial charge in [-0.25, -0.2) is 0 Å². The van der Waals surface area contributed by atoms with Gasteiger partial charge in [0.2, 0.25) is 0 Å². The fourth-order valence-electron chi connectivity index (χ4n) is 1.58. The van der Waals surface area contributed by atoms with Crippen molar-refractivity contribution >= 4 is 21.6 Å². The van der Waals surface area contributed by atoms with E-state index in [2.05, 4.69) is 26.9 Å². The molecule has 0 saturated carbocycles. The fourth-order valence-corrected chi connectivity index (χ4v) is 1.95. The summed E-state index contributed by atoms with van der Waals surface area (Å²) in [7, 11) is 0. The first-order valence-corrected chi connectivity index (χ1v) is 6.07. The Morgan fingerprint density at radius 1 is 1.50 bits per heavy atom. The van der Waals surface area contributed by atoms with Crippen molar-refractivity contribution in [3.8, 4) is 6.07 Å². The van der Waals surface area contributed by atoms with Gasteiger partial charge in [-0.15, -0.1) is 0 Å². The van der Waals surface area contributed by atoms with E-state index < -0.39 is 0 Å². The molecule has 86 valence electrons. The van der Waals surface area contributed by atoms with Gasteiger partial charge in [-0.05, 0) is 31.5 Å². The van der Waals surface area contributed by atoms with E-state index in [0.29, 0.717) is 5.56 Å². The predicted octanol–water partition coefficient (Wildman–Crippen LogP) is 2.53. The van der Waals surface area contributed by atoms with Gasteiger partial charge in [-0.3, -0.25) is 0 Å². The molecule has 1 rings (SSSR count). The second-order valence-electron chi connectivity index (χ2n) is 3.43. The molecule has 0 unspecified atom stereocenters. The summed E-state index contributed by atoms with van der Waals surface area (Å²) < 4.78 is 0.908. The largest absolute Gasteiger partial charge is 0.396 e. The first-order valence-electron chi connectivity index (χ1n) is 5.28. The van der Waals surface area contributed by atoms with Crippen LogP contribution in [0, 0.1) is 11.3 Å². The number of halogens is 1.